The van der Waals surface area contributed by atoms with Gasteiger partial charge < -0.3 is 0 Å². The molecule has 0 amide bonds. The molecule has 4 unspecified atom stereocenters. The number of hydrogen-bond donors (Lipinski definition) is 0. The van der Waals surface area contributed by atoms with Gasteiger partial charge in [-0.1, -0.05) is 13.3 Å². The highest BCUT2D eigenvalue weighted by atomic mass is 16.1. The highest BCUT2D eigenvalue weighted by Crippen LogP contribution is 2.48. The third kappa shape index (κ3) is 2.65. The van der Waals surface area contributed by atoms with Crippen molar-refractivity contribution in [1.82, 2.24) is 0 Å². The molecular weight excluding hydrogens is 220 g/mol. The second kappa shape index (κ2) is 5.35. The van der Waals surface area contributed by atoms with Crippen LogP contribution >= 0.6 is 0 Å². The normalized spacial score (nSPS) is 42.6. The summed E-state index contributed by atoms with van der Waals surface area (Å²) in [6.45, 7) is 2.44. The van der Waals surface area contributed by atoms with Gasteiger partial charge in [-0.2, -0.15) is 0 Å². The topological polar surface area (TPSA) is 17.1 Å². The van der Waals surface area contributed by atoms with Crippen LogP contribution < -0.4 is 0 Å². The van der Waals surface area contributed by atoms with Crippen molar-refractivity contribution >= 4 is 5.78 Å². The van der Waals surface area contributed by atoms with Crippen LogP contribution in [0, 0.1) is 29.6 Å². The minimum Gasteiger partial charge on any atom is -0.300 e. The minimum atomic E-state index is 0.520. The lowest BCUT2D eigenvalue weighted by Gasteiger charge is -2.44. The first-order valence-corrected chi connectivity index (χ1v) is 8.24. The summed E-state index contributed by atoms with van der Waals surface area (Å²) in [6, 6.07) is 0. The highest BCUT2D eigenvalue weighted by Gasteiger charge is 2.37. The van der Waals surface area contributed by atoms with Gasteiger partial charge in [0.15, 0.2) is 0 Å². The van der Waals surface area contributed by atoms with Crippen LogP contribution in [-0.2, 0) is 4.79 Å². The quantitative estimate of drug-likeness (QED) is 0.663. The Balaban J connectivity index is 1.55. The molecule has 18 heavy (non-hydrogen) atoms. The Morgan fingerprint density at radius 1 is 0.722 bits per heavy atom. The molecule has 0 aromatic rings. The van der Waals surface area contributed by atoms with Crippen molar-refractivity contribution in [2.24, 2.45) is 29.6 Å². The summed E-state index contributed by atoms with van der Waals surface area (Å²) in [5, 5.41) is 0. The maximum absolute atomic E-state index is 11.4. The SMILES string of the molecule is CC1CCC2CC(C3CCC(=O)CC3)CCC2C1. The van der Waals surface area contributed by atoms with Crippen LogP contribution in [0.1, 0.15) is 71.1 Å². The summed E-state index contributed by atoms with van der Waals surface area (Å²) in [4.78, 5) is 11.4. The van der Waals surface area contributed by atoms with Crippen LogP contribution in [0.5, 0.6) is 0 Å². The standard InChI is InChI=1S/C17H28O/c1-12-2-3-16-11-15(5-4-14(16)10-12)13-6-8-17(18)9-7-13/h12-16H,2-11H2,1H3. The van der Waals surface area contributed by atoms with Crippen LogP contribution in [0.15, 0.2) is 0 Å². The van der Waals surface area contributed by atoms with Gasteiger partial charge in [-0.3, -0.25) is 4.79 Å². The maximum atomic E-state index is 11.4. The third-order valence-electron chi connectivity index (χ3n) is 6.17. The smallest absolute Gasteiger partial charge is 0.132 e. The van der Waals surface area contributed by atoms with Crippen LogP contribution in [-0.4, -0.2) is 5.78 Å². The van der Waals surface area contributed by atoms with Gasteiger partial charge in [-0.25, -0.2) is 0 Å². The zero-order chi connectivity index (χ0) is 12.5. The maximum Gasteiger partial charge on any atom is 0.132 e. The molecule has 3 aliphatic rings. The zero-order valence-electron chi connectivity index (χ0n) is 11.9. The molecule has 0 radical (unpaired) electrons. The largest absolute Gasteiger partial charge is 0.300 e. The fraction of sp³-hybridized carbons (Fsp3) is 0.941. The van der Waals surface area contributed by atoms with E-state index in [9.17, 15) is 4.79 Å². The van der Waals surface area contributed by atoms with Gasteiger partial charge in [0.25, 0.3) is 0 Å². The average molecular weight is 248 g/mol. The van der Waals surface area contributed by atoms with E-state index in [1.807, 2.05) is 0 Å². The average Bonchev–Trinajstić information content (AvgIpc) is 2.39. The summed E-state index contributed by atoms with van der Waals surface area (Å²) in [6.07, 6.45) is 13.1. The van der Waals surface area contributed by atoms with E-state index >= 15 is 0 Å². The number of fused-ring (bicyclic) bond motifs is 1. The second-order valence-electron chi connectivity index (χ2n) is 7.39. The Bertz CT molecular complexity index is 299. The molecule has 3 fully saturated rings. The van der Waals surface area contributed by atoms with Gasteiger partial charge in [-0.15, -0.1) is 0 Å². The first kappa shape index (κ1) is 12.7. The van der Waals surface area contributed by atoms with E-state index in [0.29, 0.717) is 5.78 Å². The molecule has 3 rings (SSSR count). The monoisotopic (exact) mass is 248 g/mol. The molecule has 0 aromatic carbocycles. The number of ketones is 1. The Morgan fingerprint density at radius 2 is 1.28 bits per heavy atom. The molecule has 0 saturated heterocycles. The Labute approximate surface area is 112 Å². The van der Waals surface area contributed by atoms with Gasteiger partial charge in [0.1, 0.15) is 5.78 Å². The minimum absolute atomic E-state index is 0.520. The number of carbonyl (C=O) groups is 1. The van der Waals surface area contributed by atoms with Crippen LogP contribution in [0.25, 0.3) is 0 Å². The lowest BCUT2D eigenvalue weighted by molar-refractivity contribution is -0.121. The predicted octanol–water partition coefficient (Wildman–Crippen LogP) is 4.60. The summed E-state index contributed by atoms with van der Waals surface area (Å²) < 4.78 is 0. The van der Waals surface area contributed by atoms with Crippen molar-refractivity contribution in [3.63, 3.8) is 0 Å². The van der Waals surface area contributed by atoms with E-state index in [4.69, 9.17) is 0 Å². The van der Waals surface area contributed by atoms with Crippen molar-refractivity contribution in [2.45, 2.75) is 71.1 Å². The van der Waals surface area contributed by atoms with E-state index in [-0.39, 0.29) is 0 Å². The molecule has 0 N–H and O–H groups in total. The molecule has 4 atom stereocenters. The first-order chi connectivity index (χ1) is 8.72. The number of carbonyl (C=O) groups excluding carboxylic acids is 1. The Hall–Kier alpha value is -0.330. The summed E-state index contributed by atoms with van der Waals surface area (Å²) in [5.41, 5.74) is 0. The summed E-state index contributed by atoms with van der Waals surface area (Å²) in [5.74, 6) is 5.45. The Morgan fingerprint density at radius 3 is 2.00 bits per heavy atom. The van der Waals surface area contributed by atoms with Gasteiger partial charge in [0.2, 0.25) is 0 Å². The lowest BCUT2D eigenvalue weighted by Crippen LogP contribution is -2.34. The van der Waals surface area contributed by atoms with Crippen molar-refractivity contribution in [3.8, 4) is 0 Å². The van der Waals surface area contributed by atoms with E-state index in [1.54, 1.807) is 0 Å². The molecule has 102 valence electrons. The van der Waals surface area contributed by atoms with Crippen LogP contribution in [0.3, 0.4) is 0 Å². The molecule has 3 aliphatic carbocycles. The van der Waals surface area contributed by atoms with Crippen molar-refractivity contribution < 1.29 is 4.79 Å². The van der Waals surface area contributed by atoms with Gasteiger partial charge >= 0.3 is 0 Å². The molecule has 0 aromatic heterocycles. The molecule has 1 nitrogen and oxygen atoms in total. The molecule has 1 heteroatoms. The summed E-state index contributed by atoms with van der Waals surface area (Å²) >= 11 is 0. The van der Waals surface area contributed by atoms with E-state index < -0.39 is 0 Å². The molecule has 3 saturated carbocycles. The fourth-order valence-electron chi connectivity index (χ4n) is 5.02. The number of hydrogen-bond acceptors (Lipinski definition) is 1. The molecule has 0 heterocycles. The molecule has 0 bridgehead atoms. The molecule has 0 aliphatic heterocycles. The number of Topliss-reactive ketones (excluding diaryl/α,β-unsaturated/α-hetero) is 1. The van der Waals surface area contributed by atoms with Gasteiger partial charge in [0, 0.05) is 12.8 Å². The third-order valence-corrected chi connectivity index (χ3v) is 6.17. The van der Waals surface area contributed by atoms with Crippen molar-refractivity contribution in [3.05, 3.63) is 0 Å². The van der Waals surface area contributed by atoms with E-state index in [2.05, 4.69) is 6.92 Å². The predicted molar refractivity (Wildman–Crippen MR) is 74.3 cm³/mol. The zero-order valence-corrected chi connectivity index (χ0v) is 11.9. The van der Waals surface area contributed by atoms with Crippen LogP contribution in [0.2, 0.25) is 0 Å². The van der Waals surface area contributed by atoms with Crippen LogP contribution in [0.4, 0.5) is 0 Å². The van der Waals surface area contributed by atoms with E-state index in [0.717, 1.165) is 42.4 Å². The van der Waals surface area contributed by atoms with Gasteiger partial charge in [-0.05, 0) is 74.5 Å². The van der Waals surface area contributed by atoms with Crippen molar-refractivity contribution in [1.29, 1.82) is 0 Å². The van der Waals surface area contributed by atoms with Gasteiger partial charge in [0.05, 0.1) is 0 Å². The van der Waals surface area contributed by atoms with E-state index in [1.165, 1.54) is 51.4 Å². The van der Waals surface area contributed by atoms with Crippen molar-refractivity contribution in [2.75, 3.05) is 0 Å². The molecule has 0 spiro atoms. The first-order valence-electron chi connectivity index (χ1n) is 8.24. The Kier molecular flexibility index (Phi) is 3.77. The molecular formula is C17H28O. The fourth-order valence-corrected chi connectivity index (χ4v) is 5.02. The number of rotatable bonds is 1. The highest BCUT2D eigenvalue weighted by molar-refractivity contribution is 5.79. The lowest BCUT2D eigenvalue weighted by atomic mass is 9.61. The summed E-state index contributed by atoms with van der Waals surface area (Å²) in [7, 11) is 0. The second-order valence-corrected chi connectivity index (χ2v) is 7.39.